The van der Waals surface area contributed by atoms with Crippen molar-refractivity contribution in [2.24, 2.45) is 0 Å². The van der Waals surface area contributed by atoms with Crippen LogP contribution in [0.25, 0.3) is 0 Å². The summed E-state index contributed by atoms with van der Waals surface area (Å²) in [4.78, 5) is 0. The van der Waals surface area contributed by atoms with Gasteiger partial charge < -0.3 is 5.11 Å². The molecule has 0 rings (SSSR count). The van der Waals surface area contributed by atoms with E-state index < -0.39 is 0 Å². The van der Waals surface area contributed by atoms with Crippen LogP contribution in [0.2, 0.25) is 0 Å². The summed E-state index contributed by atoms with van der Waals surface area (Å²) in [5.74, 6) is 3.00. The molecule has 0 aliphatic carbocycles. The number of rotatable bonds is 5. The van der Waals surface area contributed by atoms with Crippen LogP contribution >= 0.6 is 22.6 Å². The third-order valence-electron chi connectivity index (χ3n) is 1.28. The van der Waals surface area contributed by atoms with Crippen LogP contribution in [0.5, 0.6) is 0 Å². The predicted octanol–water partition coefficient (Wildman–Crippen LogP) is 2.33. The predicted molar refractivity (Wildman–Crippen MR) is 52.0 cm³/mol. The summed E-state index contributed by atoms with van der Waals surface area (Å²) in [5, 5.41) is 8.44. The molecular formula is C8H13IO. The van der Waals surface area contributed by atoms with Gasteiger partial charge in [-0.1, -0.05) is 18.8 Å². The number of unbranched alkanes of at least 4 members (excludes halogenated alkanes) is 4. The van der Waals surface area contributed by atoms with E-state index in [0.717, 1.165) is 19.3 Å². The van der Waals surface area contributed by atoms with E-state index in [-0.39, 0.29) is 0 Å². The van der Waals surface area contributed by atoms with Crippen LogP contribution in [0.15, 0.2) is 0 Å². The van der Waals surface area contributed by atoms with Crippen LogP contribution in [-0.2, 0) is 0 Å². The van der Waals surface area contributed by atoms with Gasteiger partial charge in [0, 0.05) is 35.6 Å². The Balaban J connectivity index is 2.82. The second-order valence-corrected chi connectivity index (χ2v) is 2.70. The number of aliphatic hydroxyl groups excluding tert-OH is 1. The lowest BCUT2D eigenvalue weighted by Crippen LogP contribution is -1.82. The average Bonchev–Trinajstić information content (AvgIpc) is 1.97. The highest BCUT2D eigenvalue weighted by Gasteiger charge is 1.85. The van der Waals surface area contributed by atoms with Crippen LogP contribution in [0, 0.1) is 9.85 Å². The molecule has 0 aromatic rings. The number of halogens is 1. The molecule has 0 amide bonds. The van der Waals surface area contributed by atoms with Gasteiger partial charge in [-0.25, -0.2) is 0 Å². The Bertz CT molecular complexity index is 112. The molecule has 0 radical (unpaired) electrons. The zero-order valence-corrected chi connectivity index (χ0v) is 8.23. The average molecular weight is 252 g/mol. The standard InChI is InChI=1S/C8H13IO/c9-7-5-3-1-2-4-6-8-10/h10H,1-4,6,8H2. The highest BCUT2D eigenvalue weighted by atomic mass is 127. The van der Waals surface area contributed by atoms with E-state index in [2.05, 4.69) is 32.4 Å². The molecule has 0 saturated heterocycles. The maximum atomic E-state index is 8.44. The zero-order chi connectivity index (χ0) is 7.66. The maximum absolute atomic E-state index is 8.44. The van der Waals surface area contributed by atoms with Gasteiger partial charge in [-0.05, 0) is 16.8 Å². The van der Waals surface area contributed by atoms with E-state index in [1.165, 1.54) is 12.8 Å². The number of hydrogen-bond donors (Lipinski definition) is 1. The van der Waals surface area contributed by atoms with Crippen LogP contribution in [0.3, 0.4) is 0 Å². The molecule has 10 heavy (non-hydrogen) atoms. The summed E-state index contributed by atoms with van der Waals surface area (Å²) >= 11 is 2.05. The molecule has 0 saturated carbocycles. The molecule has 0 aromatic heterocycles. The molecular weight excluding hydrogens is 239 g/mol. The molecule has 0 aliphatic heterocycles. The van der Waals surface area contributed by atoms with E-state index in [1.54, 1.807) is 0 Å². The molecule has 0 aliphatic rings. The first-order valence-corrected chi connectivity index (χ1v) is 4.69. The quantitative estimate of drug-likeness (QED) is 0.452. The molecule has 0 aromatic carbocycles. The first-order valence-electron chi connectivity index (χ1n) is 3.61. The Morgan fingerprint density at radius 1 is 1.10 bits per heavy atom. The van der Waals surface area contributed by atoms with Crippen molar-refractivity contribution in [1.82, 2.24) is 0 Å². The molecule has 1 nitrogen and oxygen atoms in total. The van der Waals surface area contributed by atoms with Gasteiger partial charge in [0.05, 0.1) is 0 Å². The van der Waals surface area contributed by atoms with Crippen LogP contribution in [0.4, 0.5) is 0 Å². The van der Waals surface area contributed by atoms with E-state index in [1.807, 2.05) is 0 Å². The summed E-state index contributed by atoms with van der Waals surface area (Å²) < 4.78 is 2.83. The fraction of sp³-hybridized carbons (Fsp3) is 0.750. The first kappa shape index (κ1) is 10.2. The van der Waals surface area contributed by atoms with Crippen molar-refractivity contribution >= 4 is 22.6 Å². The minimum Gasteiger partial charge on any atom is -0.396 e. The smallest absolute Gasteiger partial charge is 0.0431 e. The van der Waals surface area contributed by atoms with Crippen molar-refractivity contribution in [3.05, 3.63) is 0 Å². The third kappa shape index (κ3) is 8.25. The van der Waals surface area contributed by atoms with E-state index >= 15 is 0 Å². The molecule has 58 valence electrons. The van der Waals surface area contributed by atoms with Gasteiger partial charge >= 0.3 is 0 Å². The maximum Gasteiger partial charge on any atom is 0.0431 e. The van der Waals surface area contributed by atoms with Crippen molar-refractivity contribution in [3.8, 4) is 9.85 Å². The Morgan fingerprint density at radius 2 is 1.80 bits per heavy atom. The lowest BCUT2D eigenvalue weighted by molar-refractivity contribution is 0.282. The van der Waals surface area contributed by atoms with Crippen molar-refractivity contribution in [3.63, 3.8) is 0 Å². The lowest BCUT2D eigenvalue weighted by Gasteiger charge is -1.93. The lowest BCUT2D eigenvalue weighted by atomic mass is 10.1. The summed E-state index contributed by atoms with van der Waals surface area (Å²) in [7, 11) is 0. The van der Waals surface area contributed by atoms with E-state index in [9.17, 15) is 0 Å². The summed E-state index contributed by atoms with van der Waals surface area (Å²) in [5.41, 5.74) is 0. The molecule has 0 fully saturated rings. The Morgan fingerprint density at radius 3 is 2.40 bits per heavy atom. The molecule has 1 N–H and O–H groups in total. The van der Waals surface area contributed by atoms with Crippen molar-refractivity contribution < 1.29 is 5.11 Å². The normalized spacial score (nSPS) is 8.60. The monoisotopic (exact) mass is 252 g/mol. The Labute approximate surface area is 76.3 Å². The molecule has 0 heterocycles. The Kier molecular flexibility index (Phi) is 9.48. The topological polar surface area (TPSA) is 20.2 Å². The van der Waals surface area contributed by atoms with Gasteiger partial charge in [-0.3, -0.25) is 0 Å². The highest BCUT2D eigenvalue weighted by molar-refractivity contribution is 14.1. The van der Waals surface area contributed by atoms with E-state index in [4.69, 9.17) is 5.11 Å². The van der Waals surface area contributed by atoms with Crippen molar-refractivity contribution in [1.29, 1.82) is 0 Å². The van der Waals surface area contributed by atoms with Crippen LogP contribution in [-0.4, -0.2) is 11.7 Å². The van der Waals surface area contributed by atoms with Gasteiger partial charge in [0.1, 0.15) is 0 Å². The molecule has 0 atom stereocenters. The fourth-order valence-electron chi connectivity index (χ4n) is 0.726. The molecule has 0 bridgehead atoms. The summed E-state index contributed by atoms with van der Waals surface area (Å²) in [6, 6.07) is 0. The SMILES string of the molecule is OCCCCCCC#CI. The number of hydrogen-bond acceptors (Lipinski definition) is 1. The minimum absolute atomic E-state index is 0.331. The van der Waals surface area contributed by atoms with Gasteiger partial charge in [0.2, 0.25) is 0 Å². The second kappa shape index (κ2) is 9.25. The van der Waals surface area contributed by atoms with Crippen molar-refractivity contribution in [2.75, 3.05) is 6.61 Å². The molecule has 2 heteroatoms. The first-order chi connectivity index (χ1) is 4.91. The van der Waals surface area contributed by atoms with Crippen LogP contribution < -0.4 is 0 Å². The molecule has 0 unspecified atom stereocenters. The van der Waals surface area contributed by atoms with Crippen molar-refractivity contribution in [2.45, 2.75) is 32.1 Å². The fourth-order valence-corrected chi connectivity index (χ4v) is 0.996. The van der Waals surface area contributed by atoms with E-state index in [0.29, 0.717) is 6.61 Å². The minimum atomic E-state index is 0.331. The second-order valence-electron chi connectivity index (χ2n) is 2.16. The van der Waals surface area contributed by atoms with Gasteiger partial charge in [0.25, 0.3) is 0 Å². The van der Waals surface area contributed by atoms with Gasteiger partial charge in [-0.15, -0.1) is 0 Å². The molecule has 0 spiro atoms. The van der Waals surface area contributed by atoms with Gasteiger partial charge in [-0.2, -0.15) is 0 Å². The third-order valence-corrected chi connectivity index (χ3v) is 1.66. The van der Waals surface area contributed by atoms with Crippen LogP contribution in [0.1, 0.15) is 32.1 Å². The zero-order valence-electron chi connectivity index (χ0n) is 6.07. The summed E-state index contributed by atoms with van der Waals surface area (Å²) in [6.07, 6.45) is 5.47. The largest absolute Gasteiger partial charge is 0.396 e. The number of aliphatic hydroxyl groups is 1. The Hall–Kier alpha value is 0.250. The van der Waals surface area contributed by atoms with Gasteiger partial charge in [0.15, 0.2) is 0 Å². The highest BCUT2D eigenvalue weighted by Crippen LogP contribution is 2.01. The summed E-state index contributed by atoms with van der Waals surface area (Å²) in [6.45, 7) is 0.331.